The summed E-state index contributed by atoms with van der Waals surface area (Å²) < 4.78 is 1.80. The van der Waals surface area contributed by atoms with Crippen molar-refractivity contribution in [3.05, 3.63) is 42.2 Å². The molecule has 1 aliphatic rings. The van der Waals surface area contributed by atoms with Gasteiger partial charge in [0, 0.05) is 18.8 Å². The van der Waals surface area contributed by atoms with Gasteiger partial charge in [0.1, 0.15) is 0 Å². The fraction of sp³-hybridized carbons (Fsp3) is 0.375. The number of rotatable bonds is 2. The summed E-state index contributed by atoms with van der Waals surface area (Å²) in [6.07, 6.45) is 8.19. The zero-order valence-electron chi connectivity index (χ0n) is 11.1. The minimum atomic E-state index is -0.243. The maximum Gasteiger partial charge on any atom is 0.0822 e. The summed E-state index contributed by atoms with van der Waals surface area (Å²) in [6, 6.07) is 11.0. The Morgan fingerprint density at radius 3 is 2.37 bits per heavy atom. The first-order valence-corrected chi connectivity index (χ1v) is 6.74. The number of hydrogen-bond donors (Lipinski definition) is 0. The molecule has 2 aromatic rings. The third-order valence-electron chi connectivity index (χ3n) is 4.15. The molecule has 1 aromatic heterocycles. The van der Waals surface area contributed by atoms with Gasteiger partial charge in [0.15, 0.2) is 0 Å². The van der Waals surface area contributed by atoms with Gasteiger partial charge < -0.3 is 0 Å². The molecule has 0 aliphatic heterocycles. The lowest BCUT2D eigenvalue weighted by Gasteiger charge is -2.20. The van der Waals surface area contributed by atoms with Crippen molar-refractivity contribution in [3.8, 4) is 17.2 Å². The van der Waals surface area contributed by atoms with Crippen molar-refractivity contribution in [1.82, 2.24) is 9.78 Å². The summed E-state index contributed by atoms with van der Waals surface area (Å²) in [5, 5.41) is 13.7. The maximum atomic E-state index is 9.50. The normalized spacial score (nSPS) is 17.3. The molecule has 1 aliphatic carbocycles. The molecule has 3 nitrogen and oxygen atoms in total. The summed E-state index contributed by atoms with van der Waals surface area (Å²) in [7, 11) is 1.92. The summed E-state index contributed by atoms with van der Waals surface area (Å²) in [5.74, 6) is 0. The van der Waals surface area contributed by atoms with Crippen molar-refractivity contribution >= 4 is 0 Å². The van der Waals surface area contributed by atoms with Crippen LogP contribution in [0.3, 0.4) is 0 Å². The van der Waals surface area contributed by atoms with Crippen molar-refractivity contribution in [2.75, 3.05) is 0 Å². The second-order valence-corrected chi connectivity index (χ2v) is 5.38. The second-order valence-electron chi connectivity index (χ2n) is 5.38. The van der Waals surface area contributed by atoms with Crippen LogP contribution in [-0.4, -0.2) is 9.78 Å². The quantitative estimate of drug-likeness (QED) is 0.820. The highest BCUT2D eigenvalue weighted by molar-refractivity contribution is 5.62. The third-order valence-corrected chi connectivity index (χ3v) is 4.15. The third kappa shape index (κ3) is 2.04. The summed E-state index contributed by atoms with van der Waals surface area (Å²) in [5.41, 5.74) is 3.20. The van der Waals surface area contributed by atoms with Gasteiger partial charge in [0.25, 0.3) is 0 Å². The molecule has 1 fully saturated rings. The van der Waals surface area contributed by atoms with E-state index in [1.807, 2.05) is 19.4 Å². The standard InChI is InChI=1S/C16H17N3/c1-19-11-14(10-18-19)13-4-6-15(7-5-13)16(12-17)8-2-3-9-16/h4-7,10-11H,2-3,8-9H2,1H3. The first-order valence-electron chi connectivity index (χ1n) is 6.74. The zero-order chi connectivity index (χ0) is 13.3. The minimum Gasteiger partial charge on any atom is -0.275 e. The number of nitriles is 1. The molecular weight excluding hydrogens is 234 g/mol. The molecule has 0 atom stereocenters. The highest BCUT2D eigenvalue weighted by Gasteiger charge is 2.35. The van der Waals surface area contributed by atoms with E-state index >= 15 is 0 Å². The molecule has 0 spiro atoms. The fourth-order valence-corrected chi connectivity index (χ4v) is 3.00. The number of aromatic nitrogens is 2. The molecule has 0 N–H and O–H groups in total. The number of aryl methyl sites for hydroxylation is 1. The second kappa shape index (κ2) is 4.55. The summed E-state index contributed by atoms with van der Waals surface area (Å²) in [6.45, 7) is 0. The Labute approximate surface area is 113 Å². The van der Waals surface area contributed by atoms with Crippen LogP contribution in [0.2, 0.25) is 0 Å². The van der Waals surface area contributed by atoms with Gasteiger partial charge in [0.2, 0.25) is 0 Å². The monoisotopic (exact) mass is 251 g/mol. The highest BCUT2D eigenvalue weighted by Crippen LogP contribution is 2.40. The Morgan fingerprint density at radius 1 is 1.16 bits per heavy atom. The first-order chi connectivity index (χ1) is 9.23. The van der Waals surface area contributed by atoms with Crippen LogP contribution in [0, 0.1) is 11.3 Å². The van der Waals surface area contributed by atoms with Gasteiger partial charge in [-0.25, -0.2) is 0 Å². The van der Waals surface area contributed by atoms with E-state index in [1.54, 1.807) is 4.68 Å². The van der Waals surface area contributed by atoms with Gasteiger partial charge in [0.05, 0.1) is 17.7 Å². The van der Waals surface area contributed by atoms with Crippen LogP contribution < -0.4 is 0 Å². The minimum absolute atomic E-state index is 0.243. The predicted octanol–water partition coefficient (Wildman–Crippen LogP) is 3.42. The predicted molar refractivity (Wildman–Crippen MR) is 74.4 cm³/mol. The average Bonchev–Trinajstić information content (AvgIpc) is 3.08. The van der Waals surface area contributed by atoms with Gasteiger partial charge in [-0.15, -0.1) is 0 Å². The van der Waals surface area contributed by atoms with Crippen molar-refractivity contribution < 1.29 is 0 Å². The molecule has 0 radical (unpaired) electrons. The molecule has 0 saturated heterocycles. The van der Waals surface area contributed by atoms with Crippen LogP contribution in [0.25, 0.3) is 11.1 Å². The summed E-state index contributed by atoms with van der Waals surface area (Å²) >= 11 is 0. The number of hydrogen-bond acceptors (Lipinski definition) is 2. The van der Waals surface area contributed by atoms with Crippen LogP contribution in [0.5, 0.6) is 0 Å². The first kappa shape index (κ1) is 12.0. The Morgan fingerprint density at radius 2 is 1.84 bits per heavy atom. The van der Waals surface area contributed by atoms with Crippen molar-refractivity contribution in [2.24, 2.45) is 7.05 Å². The lowest BCUT2D eigenvalue weighted by atomic mass is 9.80. The largest absolute Gasteiger partial charge is 0.275 e. The lowest BCUT2D eigenvalue weighted by molar-refractivity contribution is 0.573. The molecule has 1 saturated carbocycles. The van der Waals surface area contributed by atoms with Crippen LogP contribution in [0.1, 0.15) is 31.2 Å². The van der Waals surface area contributed by atoms with Crippen molar-refractivity contribution in [3.63, 3.8) is 0 Å². The SMILES string of the molecule is Cn1cc(-c2ccc(C3(C#N)CCCC3)cc2)cn1. The molecular formula is C16H17N3. The van der Waals surface area contributed by atoms with Crippen LogP contribution in [0.15, 0.2) is 36.7 Å². The van der Waals surface area contributed by atoms with Crippen molar-refractivity contribution in [1.29, 1.82) is 5.26 Å². The van der Waals surface area contributed by atoms with E-state index < -0.39 is 0 Å². The van der Waals surface area contributed by atoms with E-state index in [1.165, 1.54) is 5.56 Å². The Bertz CT molecular complexity index is 610. The number of nitrogens with zero attached hydrogens (tertiary/aromatic N) is 3. The van der Waals surface area contributed by atoms with E-state index in [9.17, 15) is 5.26 Å². The molecule has 3 heteroatoms. The van der Waals surface area contributed by atoms with Gasteiger partial charge in [-0.1, -0.05) is 37.1 Å². The van der Waals surface area contributed by atoms with Gasteiger partial charge in [-0.2, -0.15) is 10.4 Å². The molecule has 0 bridgehead atoms. The van der Waals surface area contributed by atoms with Crippen LogP contribution in [-0.2, 0) is 12.5 Å². The number of benzene rings is 1. The van der Waals surface area contributed by atoms with Gasteiger partial charge >= 0.3 is 0 Å². The van der Waals surface area contributed by atoms with E-state index in [4.69, 9.17) is 0 Å². The molecule has 0 unspecified atom stereocenters. The Hall–Kier alpha value is -2.08. The molecule has 3 rings (SSSR count). The van der Waals surface area contributed by atoms with Gasteiger partial charge in [-0.05, 0) is 24.0 Å². The Balaban J connectivity index is 1.93. The zero-order valence-corrected chi connectivity index (χ0v) is 11.1. The van der Waals surface area contributed by atoms with E-state index in [-0.39, 0.29) is 5.41 Å². The summed E-state index contributed by atoms with van der Waals surface area (Å²) in [4.78, 5) is 0. The van der Waals surface area contributed by atoms with Crippen molar-refractivity contribution in [2.45, 2.75) is 31.1 Å². The average molecular weight is 251 g/mol. The topological polar surface area (TPSA) is 41.6 Å². The molecule has 0 amide bonds. The Kier molecular flexibility index (Phi) is 2.87. The van der Waals surface area contributed by atoms with Crippen LogP contribution in [0.4, 0.5) is 0 Å². The molecule has 1 aromatic carbocycles. The maximum absolute atomic E-state index is 9.50. The molecule has 96 valence electrons. The van der Waals surface area contributed by atoms with E-state index in [0.717, 1.165) is 36.8 Å². The lowest BCUT2D eigenvalue weighted by Crippen LogP contribution is -2.18. The molecule has 1 heterocycles. The fourth-order valence-electron chi connectivity index (χ4n) is 3.00. The van der Waals surface area contributed by atoms with Crippen LogP contribution >= 0.6 is 0 Å². The molecule has 19 heavy (non-hydrogen) atoms. The smallest absolute Gasteiger partial charge is 0.0822 e. The highest BCUT2D eigenvalue weighted by atomic mass is 15.2. The van der Waals surface area contributed by atoms with E-state index in [0.29, 0.717) is 0 Å². The van der Waals surface area contributed by atoms with E-state index in [2.05, 4.69) is 35.4 Å². The van der Waals surface area contributed by atoms with Gasteiger partial charge in [-0.3, -0.25) is 4.68 Å².